The number of benzene rings is 2. The zero-order chi connectivity index (χ0) is 26.6. The van der Waals surface area contributed by atoms with E-state index in [1.54, 1.807) is 11.8 Å². The summed E-state index contributed by atoms with van der Waals surface area (Å²) in [4.78, 5) is 54.0. The van der Waals surface area contributed by atoms with Gasteiger partial charge in [0.15, 0.2) is 0 Å². The Morgan fingerprint density at radius 2 is 1.87 bits per heavy atom. The molecule has 11 heteroatoms. The zero-order valence-electron chi connectivity index (χ0n) is 21.3. The molecule has 2 aromatic carbocycles. The summed E-state index contributed by atoms with van der Waals surface area (Å²) < 4.78 is 0. The molecule has 1 unspecified atom stereocenters. The van der Waals surface area contributed by atoms with Crippen molar-refractivity contribution in [3.63, 3.8) is 0 Å². The predicted molar refractivity (Wildman–Crippen MR) is 140 cm³/mol. The van der Waals surface area contributed by atoms with E-state index < -0.39 is 24.0 Å². The van der Waals surface area contributed by atoms with Crippen LogP contribution >= 0.6 is 0 Å². The molecule has 0 radical (unpaired) electrons. The van der Waals surface area contributed by atoms with Gasteiger partial charge in [-0.15, -0.1) is 0 Å². The summed E-state index contributed by atoms with van der Waals surface area (Å²) in [5, 5.41) is 8.50. The topological polar surface area (TPSA) is 144 Å². The highest BCUT2D eigenvalue weighted by Crippen LogP contribution is 2.39. The van der Waals surface area contributed by atoms with Crippen molar-refractivity contribution in [3.8, 4) is 0 Å². The fourth-order valence-corrected chi connectivity index (χ4v) is 5.25. The van der Waals surface area contributed by atoms with Crippen LogP contribution in [0.25, 0.3) is 0 Å². The van der Waals surface area contributed by atoms with Gasteiger partial charge in [-0.1, -0.05) is 48.5 Å². The first-order chi connectivity index (χ1) is 18.4. The second kappa shape index (κ2) is 11.3. The van der Waals surface area contributed by atoms with Crippen LogP contribution in [0.3, 0.4) is 0 Å². The molecule has 1 fully saturated rings. The van der Waals surface area contributed by atoms with Crippen LogP contribution < -0.4 is 37.2 Å². The van der Waals surface area contributed by atoms with Crippen LogP contribution in [-0.2, 0) is 38.4 Å². The summed E-state index contributed by atoms with van der Waals surface area (Å²) in [6.45, 7) is 2.66. The normalized spacial score (nSPS) is 22.8. The van der Waals surface area contributed by atoms with Crippen molar-refractivity contribution in [2.75, 3.05) is 18.0 Å². The van der Waals surface area contributed by atoms with Crippen molar-refractivity contribution in [1.82, 2.24) is 32.3 Å². The standard InChI is InChI=1S/C27H33N7O4/c1-16(30-23(35)12-17-6-3-2-4-7-17)25(36)31-21-11-10-18-8-5-9-19-13-22(34(24(18)19)27(21)38)26(37)28-14-20-15-29-33-32-20/h2-9,16,20-22,29,32-33H,10-15H2,1H3,(H,28,37)(H,30,35)(H,31,36)/t16-,20?,21-,22-/m0/s1. The van der Waals surface area contributed by atoms with Crippen LogP contribution in [0.4, 0.5) is 5.69 Å². The third kappa shape index (κ3) is 5.54. The first-order valence-corrected chi connectivity index (χ1v) is 13.0. The van der Waals surface area contributed by atoms with Gasteiger partial charge >= 0.3 is 0 Å². The number of hydrazine groups is 2. The number of anilines is 1. The lowest BCUT2D eigenvalue weighted by atomic mass is 10.0. The Labute approximate surface area is 221 Å². The average Bonchev–Trinajstić information content (AvgIpc) is 3.55. The minimum Gasteiger partial charge on any atom is -0.353 e. The van der Waals surface area contributed by atoms with Crippen molar-refractivity contribution in [3.05, 3.63) is 65.2 Å². The SMILES string of the molecule is C[C@H](NC(=O)Cc1ccccc1)C(=O)N[C@H]1CCc2cccc3c2N(C1=O)[C@H](C(=O)NCC1CNNN1)C3. The smallest absolute Gasteiger partial charge is 0.250 e. The first-order valence-electron chi connectivity index (χ1n) is 13.0. The summed E-state index contributed by atoms with van der Waals surface area (Å²) in [5.74, 6) is -1.26. The maximum atomic E-state index is 13.8. The molecule has 3 aliphatic heterocycles. The Hall–Kier alpha value is -3.80. The summed E-state index contributed by atoms with van der Waals surface area (Å²) in [7, 11) is 0. The number of aryl methyl sites for hydroxylation is 1. The second-order valence-electron chi connectivity index (χ2n) is 10.00. The molecular weight excluding hydrogens is 486 g/mol. The van der Waals surface area contributed by atoms with Crippen LogP contribution in [0, 0.1) is 0 Å². The zero-order valence-corrected chi connectivity index (χ0v) is 21.3. The molecule has 2 aromatic rings. The fourth-order valence-electron chi connectivity index (χ4n) is 5.25. The van der Waals surface area contributed by atoms with E-state index in [1.165, 1.54) is 0 Å². The Balaban J connectivity index is 1.25. The number of nitrogens with zero attached hydrogens (tertiary/aromatic N) is 1. The molecule has 3 aliphatic rings. The third-order valence-corrected chi connectivity index (χ3v) is 7.24. The van der Waals surface area contributed by atoms with Gasteiger partial charge in [-0.2, -0.15) is 5.53 Å². The molecule has 1 saturated heterocycles. The Morgan fingerprint density at radius 1 is 1.08 bits per heavy atom. The van der Waals surface area contributed by atoms with E-state index in [4.69, 9.17) is 0 Å². The molecule has 200 valence electrons. The molecule has 0 spiro atoms. The number of hydrogen-bond acceptors (Lipinski definition) is 7. The molecule has 3 heterocycles. The summed E-state index contributed by atoms with van der Waals surface area (Å²) in [6, 6.07) is 12.8. The Morgan fingerprint density at radius 3 is 2.63 bits per heavy atom. The van der Waals surface area contributed by atoms with Crippen LogP contribution in [0.5, 0.6) is 0 Å². The third-order valence-electron chi connectivity index (χ3n) is 7.24. The molecule has 4 amide bonds. The molecular formula is C27H33N7O4. The monoisotopic (exact) mass is 519 g/mol. The van der Waals surface area contributed by atoms with Gasteiger partial charge in [0, 0.05) is 19.5 Å². The van der Waals surface area contributed by atoms with Gasteiger partial charge in [-0.25, -0.2) is 10.9 Å². The molecule has 0 saturated carbocycles. The molecule has 11 nitrogen and oxygen atoms in total. The Bertz CT molecular complexity index is 1220. The number of para-hydroxylation sites is 1. The number of amides is 4. The minimum absolute atomic E-state index is 0.0312. The van der Waals surface area contributed by atoms with Crippen molar-refractivity contribution in [2.45, 2.75) is 56.8 Å². The van der Waals surface area contributed by atoms with Crippen LogP contribution in [0.15, 0.2) is 48.5 Å². The number of nitrogens with one attached hydrogen (secondary N) is 6. The molecule has 38 heavy (non-hydrogen) atoms. The van der Waals surface area contributed by atoms with Gasteiger partial charge in [-0.3, -0.25) is 24.1 Å². The second-order valence-corrected chi connectivity index (χ2v) is 10.00. The Kier molecular flexibility index (Phi) is 7.68. The fraction of sp³-hybridized carbons (Fsp3) is 0.407. The number of rotatable bonds is 8. The van der Waals surface area contributed by atoms with Crippen molar-refractivity contribution < 1.29 is 19.2 Å². The quantitative estimate of drug-likeness (QED) is 0.269. The lowest BCUT2D eigenvalue weighted by Crippen LogP contribution is -2.57. The van der Waals surface area contributed by atoms with E-state index in [0.29, 0.717) is 32.4 Å². The lowest BCUT2D eigenvalue weighted by Gasteiger charge is -2.28. The summed E-state index contributed by atoms with van der Waals surface area (Å²) in [6.07, 6.45) is 1.57. The van der Waals surface area contributed by atoms with Crippen LogP contribution in [-0.4, -0.2) is 60.9 Å². The van der Waals surface area contributed by atoms with Crippen molar-refractivity contribution in [2.24, 2.45) is 0 Å². The maximum absolute atomic E-state index is 13.8. The molecule has 0 aliphatic carbocycles. The van der Waals surface area contributed by atoms with Gasteiger partial charge in [0.1, 0.15) is 18.1 Å². The van der Waals surface area contributed by atoms with Gasteiger partial charge in [0.05, 0.1) is 18.2 Å². The lowest BCUT2D eigenvalue weighted by molar-refractivity contribution is -0.131. The van der Waals surface area contributed by atoms with E-state index in [-0.39, 0.29) is 30.2 Å². The van der Waals surface area contributed by atoms with E-state index in [9.17, 15) is 19.2 Å². The molecule has 5 rings (SSSR count). The van der Waals surface area contributed by atoms with E-state index in [2.05, 4.69) is 32.3 Å². The van der Waals surface area contributed by atoms with Crippen LogP contribution in [0.2, 0.25) is 0 Å². The molecule has 0 bridgehead atoms. The first kappa shape index (κ1) is 25.8. The summed E-state index contributed by atoms with van der Waals surface area (Å²) >= 11 is 0. The number of carbonyl (C=O) groups is 4. The van der Waals surface area contributed by atoms with E-state index in [0.717, 1.165) is 22.4 Å². The highest BCUT2D eigenvalue weighted by Gasteiger charge is 2.44. The van der Waals surface area contributed by atoms with Gasteiger partial charge < -0.3 is 16.0 Å². The van der Waals surface area contributed by atoms with Crippen LogP contribution in [0.1, 0.15) is 30.0 Å². The van der Waals surface area contributed by atoms with Gasteiger partial charge in [0.2, 0.25) is 23.6 Å². The highest BCUT2D eigenvalue weighted by molar-refractivity contribution is 6.08. The summed E-state index contributed by atoms with van der Waals surface area (Å²) in [5.41, 5.74) is 12.3. The van der Waals surface area contributed by atoms with Gasteiger partial charge in [-0.05, 0) is 36.5 Å². The highest BCUT2D eigenvalue weighted by atomic mass is 16.2. The van der Waals surface area contributed by atoms with Crippen molar-refractivity contribution >= 4 is 29.3 Å². The molecule has 6 N–H and O–H groups in total. The number of carbonyl (C=O) groups excluding carboxylic acids is 4. The minimum atomic E-state index is -0.820. The average molecular weight is 520 g/mol. The molecule has 4 atom stereocenters. The van der Waals surface area contributed by atoms with Crippen molar-refractivity contribution in [1.29, 1.82) is 0 Å². The maximum Gasteiger partial charge on any atom is 0.250 e. The van der Waals surface area contributed by atoms with Gasteiger partial charge in [0.25, 0.3) is 0 Å². The van der Waals surface area contributed by atoms with E-state index in [1.807, 2.05) is 48.5 Å². The number of hydrogen-bond donors (Lipinski definition) is 6. The predicted octanol–water partition coefficient (Wildman–Crippen LogP) is -0.780. The van der Waals surface area contributed by atoms with E-state index >= 15 is 0 Å². The largest absolute Gasteiger partial charge is 0.353 e. The molecule has 0 aromatic heterocycles.